The van der Waals surface area contributed by atoms with Gasteiger partial charge in [-0.05, 0) is 25.0 Å². The number of nitrogen functional groups attached to an aromatic ring is 1. The van der Waals surface area contributed by atoms with Crippen LogP contribution in [0.15, 0.2) is 37.1 Å². The van der Waals surface area contributed by atoms with Crippen LogP contribution >= 0.6 is 0 Å². The molecule has 0 saturated carbocycles. The van der Waals surface area contributed by atoms with Crippen molar-refractivity contribution in [3.05, 3.63) is 54.3 Å². The standard InChI is InChI=1S/C18H22N8O/c1-24-16(11-25-8-6-20-12-25)22-23-17(24)14-3-2-7-26(10-14)18(27)13-4-5-21-15(19)9-13/h4-6,8-9,12,14H,2-3,7,10-11H2,1H3,(H2,19,21). The molecule has 1 atom stereocenters. The number of likely N-dealkylation sites (tertiary alicyclic amines) is 1. The highest BCUT2D eigenvalue weighted by molar-refractivity contribution is 5.94. The van der Waals surface area contributed by atoms with Gasteiger partial charge in [0.1, 0.15) is 11.6 Å². The summed E-state index contributed by atoms with van der Waals surface area (Å²) in [7, 11) is 1.98. The fourth-order valence-electron chi connectivity index (χ4n) is 3.55. The quantitative estimate of drug-likeness (QED) is 0.740. The third kappa shape index (κ3) is 3.53. The Hall–Kier alpha value is -3.23. The van der Waals surface area contributed by atoms with Crippen molar-refractivity contribution < 1.29 is 4.79 Å². The molecule has 140 valence electrons. The highest BCUT2D eigenvalue weighted by Crippen LogP contribution is 2.27. The summed E-state index contributed by atoms with van der Waals surface area (Å²) in [4.78, 5) is 22.7. The molecule has 1 saturated heterocycles. The van der Waals surface area contributed by atoms with E-state index in [1.165, 1.54) is 0 Å². The number of carbonyl (C=O) groups excluding carboxylic acids is 1. The largest absolute Gasteiger partial charge is 0.384 e. The molecule has 3 aromatic heterocycles. The van der Waals surface area contributed by atoms with Crippen LogP contribution in [-0.2, 0) is 13.6 Å². The van der Waals surface area contributed by atoms with Crippen molar-refractivity contribution in [3.8, 4) is 0 Å². The van der Waals surface area contributed by atoms with Gasteiger partial charge in [-0.2, -0.15) is 0 Å². The van der Waals surface area contributed by atoms with E-state index in [-0.39, 0.29) is 11.8 Å². The molecule has 4 rings (SSSR count). The molecule has 2 N–H and O–H groups in total. The van der Waals surface area contributed by atoms with E-state index in [0.717, 1.165) is 31.0 Å². The Bertz CT molecular complexity index is 933. The number of carbonyl (C=O) groups is 1. The summed E-state index contributed by atoms with van der Waals surface area (Å²) in [5.74, 6) is 2.28. The molecule has 0 radical (unpaired) electrons. The summed E-state index contributed by atoms with van der Waals surface area (Å²) in [5, 5.41) is 8.75. The second-order valence-corrected chi connectivity index (χ2v) is 6.83. The third-order valence-corrected chi connectivity index (χ3v) is 4.98. The van der Waals surface area contributed by atoms with Crippen LogP contribution in [0.4, 0.5) is 5.82 Å². The highest BCUT2D eigenvalue weighted by atomic mass is 16.2. The monoisotopic (exact) mass is 366 g/mol. The third-order valence-electron chi connectivity index (χ3n) is 4.98. The minimum absolute atomic E-state index is 0.0189. The first-order valence-corrected chi connectivity index (χ1v) is 8.96. The van der Waals surface area contributed by atoms with Crippen LogP contribution in [-0.4, -0.2) is 53.2 Å². The average molecular weight is 366 g/mol. The van der Waals surface area contributed by atoms with Crippen molar-refractivity contribution in [3.63, 3.8) is 0 Å². The first-order valence-electron chi connectivity index (χ1n) is 8.96. The summed E-state index contributed by atoms with van der Waals surface area (Å²) in [5.41, 5.74) is 6.28. The lowest BCUT2D eigenvalue weighted by Gasteiger charge is -2.32. The topological polar surface area (TPSA) is 108 Å². The van der Waals surface area contributed by atoms with E-state index in [9.17, 15) is 4.79 Å². The molecular formula is C18H22N8O. The molecule has 1 amide bonds. The van der Waals surface area contributed by atoms with Crippen molar-refractivity contribution >= 4 is 11.7 Å². The summed E-state index contributed by atoms with van der Waals surface area (Å²) in [6.07, 6.45) is 8.88. The Kier molecular flexibility index (Phi) is 4.57. The van der Waals surface area contributed by atoms with E-state index in [2.05, 4.69) is 20.2 Å². The van der Waals surface area contributed by atoms with Gasteiger partial charge in [-0.3, -0.25) is 4.79 Å². The Morgan fingerprint density at radius 2 is 2.22 bits per heavy atom. The van der Waals surface area contributed by atoms with E-state index >= 15 is 0 Å². The van der Waals surface area contributed by atoms with Gasteiger partial charge in [0.15, 0.2) is 5.82 Å². The zero-order valence-electron chi connectivity index (χ0n) is 15.2. The lowest BCUT2D eigenvalue weighted by Crippen LogP contribution is -2.39. The van der Waals surface area contributed by atoms with Crippen molar-refractivity contribution in [1.82, 2.24) is 34.2 Å². The van der Waals surface area contributed by atoms with Crippen molar-refractivity contribution in [2.75, 3.05) is 18.8 Å². The molecule has 0 spiro atoms. The number of hydrogen-bond acceptors (Lipinski definition) is 6. The van der Waals surface area contributed by atoms with Crippen molar-refractivity contribution in [1.29, 1.82) is 0 Å². The maximum Gasteiger partial charge on any atom is 0.254 e. The van der Waals surface area contributed by atoms with Crippen LogP contribution in [0.5, 0.6) is 0 Å². The summed E-state index contributed by atoms with van der Waals surface area (Å²) < 4.78 is 3.99. The van der Waals surface area contributed by atoms with Crippen LogP contribution in [0, 0.1) is 0 Å². The van der Waals surface area contributed by atoms with E-state index in [0.29, 0.717) is 24.5 Å². The first kappa shape index (κ1) is 17.2. The average Bonchev–Trinajstić information content (AvgIpc) is 3.32. The molecule has 3 aromatic rings. The fraction of sp³-hybridized carbons (Fsp3) is 0.389. The molecule has 4 heterocycles. The second kappa shape index (κ2) is 7.18. The Labute approximate surface area is 156 Å². The Morgan fingerprint density at radius 3 is 3.00 bits per heavy atom. The Balaban J connectivity index is 1.50. The lowest BCUT2D eigenvalue weighted by atomic mass is 9.96. The minimum atomic E-state index is -0.0189. The molecule has 1 aliphatic rings. The summed E-state index contributed by atoms with van der Waals surface area (Å²) in [6.45, 7) is 1.98. The molecule has 1 aliphatic heterocycles. The van der Waals surface area contributed by atoms with Crippen molar-refractivity contribution in [2.24, 2.45) is 7.05 Å². The number of imidazole rings is 1. The second-order valence-electron chi connectivity index (χ2n) is 6.83. The van der Waals surface area contributed by atoms with Gasteiger partial charge in [0, 0.05) is 50.2 Å². The smallest absolute Gasteiger partial charge is 0.254 e. The minimum Gasteiger partial charge on any atom is -0.384 e. The van der Waals surface area contributed by atoms with E-state index in [1.54, 1.807) is 30.9 Å². The van der Waals surface area contributed by atoms with E-state index in [4.69, 9.17) is 5.73 Å². The van der Waals surface area contributed by atoms with Crippen molar-refractivity contribution in [2.45, 2.75) is 25.3 Å². The number of nitrogens with two attached hydrogens (primary N) is 1. The predicted molar refractivity (Wildman–Crippen MR) is 98.9 cm³/mol. The number of aromatic nitrogens is 6. The SMILES string of the molecule is Cn1c(Cn2ccnc2)nnc1C1CCCN(C(=O)c2ccnc(N)c2)C1. The van der Waals surface area contributed by atoms with Gasteiger partial charge in [0.2, 0.25) is 0 Å². The van der Waals surface area contributed by atoms with E-state index in [1.807, 2.05) is 27.3 Å². The van der Waals surface area contributed by atoms with Crippen LogP contribution in [0.2, 0.25) is 0 Å². The maximum absolute atomic E-state index is 12.8. The number of nitrogens with zero attached hydrogens (tertiary/aromatic N) is 7. The van der Waals surface area contributed by atoms with Gasteiger partial charge in [0.05, 0.1) is 12.9 Å². The van der Waals surface area contributed by atoms with E-state index < -0.39 is 0 Å². The van der Waals surface area contributed by atoms with Gasteiger partial charge in [0.25, 0.3) is 5.91 Å². The normalized spacial score (nSPS) is 17.2. The van der Waals surface area contributed by atoms with Gasteiger partial charge in [-0.25, -0.2) is 9.97 Å². The number of hydrogen-bond donors (Lipinski definition) is 1. The first-order chi connectivity index (χ1) is 13.1. The zero-order valence-corrected chi connectivity index (χ0v) is 15.2. The molecule has 0 aliphatic carbocycles. The predicted octanol–water partition coefficient (Wildman–Crippen LogP) is 1.06. The van der Waals surface area contributed by atoms with Crippen LogP contribution in [0.3, 0.4) is 0 Å². The molecule has 1 fully saturated rings. The lowest BCUT2D eigenvalue weighted by molar-refractivity contribution is 0.0703. The highest BCUT2D eigenvalue weighted by Gasteiger charge is 2.29. The molecular weight excluding hydrogens is 344 g/mol. The van der Waals surface area contributed by atoms with Gasteiger partial charge < -0.3 is 19.8 Å². The molecule has 1 unspecified atom stereocenters. The van der Waals surface area contributed by atoms with Gasteiger partial charge in [-0.15, -0.1) is 10.2 Å². The number of piperidine rings is 1. The number of amides is 1. The zero-order chi connectivity index (χ0) is 18.8. The number of rotatable bonds is 4. The summed E-state index contributed by atoms with van der Waals surface area (Å²) in [6, 6.07) is 3.32. The van der Waals surface area contributed by atoms with Crippen LogP contribution in [0.1, 0.15) is 40.8 Å². The van der Waals surface area contributed by atoms with Crippen LogP contribution in [0.25, 0.3) is 0 Å². The summed E-state index contributed by atoms with van der Waals surface area (Å²) >= 11 is 0. The maximum atomic E-state index is 12.8. The molecule has 27 heavy (non-hydrogen) atoms. The molecule has 9 nitrogen and oxygen atoms in total. The molecule has 0 aromatic carbocycles. The van der Waals surface area contributed by atoms with Gasteiger partial charge in [-0.1, -0.05) is 0 Å². The number of pyridine rings is 1. The Morgan fingerprint density at radius 1 is 1.33 bits per heavy atom. The number of anilines is 1. The molecule has 9 heteroatoms. The molecule has 0 bridgehead atoms. The van der Waals surface area contributed by atoms with Crippen LogP contribution < -0.4 is 5.73 Å². The fourth-order valence-corrected chi connectivity index (χ4v) is 3.55. The van der Waals surface area contributed by atoms with Gasteiger partial charge >= 0.3 is 0 Å².